The van der Waals surface area contributed by atoms with Gasteiger partial charge in [-0.1, -0.05) is 0 Å². The van der Waals surface area contributed by atoms with E-state index in [2.05, 4.69) is 64.5 Å². The van der Waals surface area contributed by atoms with Crippen LogP contribution in [0, 0.1) is 0 Å². The first kappa shape index (κ1) is 8.55. The van der Waals surface area contributed by atoms with Crippen molar-refractivity contribution in [3.05, 3.63) is 54.6 Å². The second kappa shape index (κ2) is 3.78. The average Bonchev–Trinajstić information content (AvgIpc) is 2.20. The SMILES string of the molecule is [Se]c1ccc(-c2ccccc2)cc1. The van der Waals surface area contributed by atoms with E-state index in [1.807, 2.05) is 6.07 Å². The summed E-state index contributed by atoms with van der Waals surface area (Å²) >= 11 is 2.98. The molecule has 0 aromatic heterocycles. The third kappa shape index (κ3) is 2.00. The van der Waals surface area contributed by atoms with Crippen molar-refractivity contribution in [1.29, 1.82) is 0 Å². The second-order valence-electron chi connectivity index (χ2n) is 2.89. The minimum atomic E-state index is 1.18. The second-order valence-corrected chi connectivity index (χ2v) is 3.88. The summed E-state index contributed by atoms with van der Waals surface area (Å²) in [7, 11) is 0. The standard InChI is InChI=1S/C12H9Se/c13-12-8-6-11(7-9-12)10-4-2-1-3-5-10/h1-9H. The molecule has 0 unspecified atom stereocenters. The van der Waals surface area contributed by atoms with Gasteiger partial charge in [0.15, 0.2) is 0 Å². The van der Waals surface area contributed by atoms with E-state index in [0.29, 0.717) is 0 Å². The molecule has 0 heterocycles. The van der Waals surface area contributed by atoms with Gasteiger partial charge in [0.2, 0.25) is 0 Å². The van der Waals surface area contributed by atoms with E-state index < -0.39 is 0 Å². The van der Waals surface area contributed by atoms with Crippen LogP contribution in [0.15, 0.2) is 54.6 Å². The van der Waals surface area contributed by atoms with E-state index in [-0.39, 0.29) is 0 Å². The van der Waals surface area contributed by atoms with Gasteiger partial charge in [0.1, 0.15) is 0 Å². The first-order valence-electron chi connectivity index (χ1n) is 4.19. The van der Waals surface area contributed by atoms with Gasteiger partial charge >= 0.3 is 86.2 Å². The molecule has 0 aliphatic carbocycles. The predicted molar refractivity (Wildman–Crippen MR) is 57.3 cm³/mol. The van der Waals surface area contributed by atoms with Crippen LogP contribution in [0.2, 0.25) is 0 Å². The average molecular weight is 232 g/mol. The molecule has 13 heavy (non-hydrogen) atoms. The Bertz CT molecular complexity index is 376. The van der Waals surface area contributed by atoms with Gasteiger partial charge in [0.25, 0.3) is 0 Å². The molecule has 0 N–H and O–H groups in total. The summed E-state index contributed by atoms with van der Waals surface area (Å²) < 4.78 is 1.18. The number of hydrogen-bond acceptors (Lipinski definition) is 0. The van der Waals surface area contributed by atoms with Crippen molar-refractivity contribution < 1.29 is 0 Å². The number of hydrogen-bond donors (Lipinski definition) is 0. The molecular weight excluding hydrogens is 223 g/mol. The van der Waals surface area contributed by atoms with Crippen molar-refractivity contribution in [1.82, 2.24) is 0 Å². The Balaban J connectivity index is 2.42. The van der Waals surface area contributed by atoms with E-state index in [1.165, 1.54) is 15.6 Å². The molecule has 0 spiro atoms. The van der Waals surface area contributed by atoms with Crippen molar-refractivity contribution in [2.75, 3.05) is 0 Å². The first-order valence-corrected chi connectivity index (χ1v) is 5.04. The van der Waals surface area contributed by atoms with Gasteiger partial charge in [-0.25, -0.2) is 0 Å². The van der Waals surface area contributed by atoms with Gasteiger partial charge in [-0.2, -0.15) is 0 Å². The Labute approximate surface area is 86.4 Å². The van der Waals surface area contributed by atoms with Crippen molar-refractivity contribution in [2.24, 2.45) is 0 Å². The summed E-state index contributed by atoms with van der Waals surface area (Å²) in [4.78, 5) is 0. The Morgan fingerprint density at radius 3 is 1.77 bits per heavy atom. The fourth-order valence-electron chi connectivity index (χ4n) is 1.28. The van der Waals surface area contributed by atoms with Crippen LogP contribution < -0.4 is 4.46 Å². The van der Waals surface area contributed by atoms with E-state index in [9.17, 15) is 0 Å². The van der Waals surface area contributed by atoms with Crippen molar-refractivity contribution in [3.63, 3.8) is 0 Å². The topological polar surface area (TPSA) is 0 Å². The number of rotatable bonds is 1. The molecule has 1 radical (unpaired) electrons. The number of benzene rings is 2. The quantitative estimate of drug-likeness (QED) is 0.661. The van der Waals surface area contributed by atoms with Crippen LogP contribution in [-0.2, 0) is 0 Å². The molecular formula is C12H9Se. The zero-order chi connectivity index (χ0) is 9.10. The third-order valence-electron chi connectivity index (χ3n) is 1.96. The van der Waals surface area contributed by atoms with Crippen LogP contribution in [0.5, 0.6) is 0 Å². The van der Waals surface area contributed by atoms with Crippen LogP contribution >= 0.6 is 0 Å². The summed E-state index contributed by atoms with van der Waals surface area (Å²) in [6, 6.07) is 18.8. The maximum absolute atomic E-state index is 2.98. The van der Waals surface area contributed by atoms with E-state index in [4.69, 9.17) is 0 Å². The molecule has 0 fully saturated rings. The Morgan fingerprint density at radius 1 is 0.615 bits per heavy atom. The van der Waals surface area contributed by atoms with Crippen LogP contribution in [0.1, 0.15) is 0 Å². The molecule has 0 aliphatic heterocycles. The van der Waals surface area contributed by atoms with Crippen LogP contribution in [0.3, 0.4) is 0 Å². The molecule has 2 aromatic rings. The molecule has 0 bridgehead atoms. The summed E-state index contributed by atoms with van der Waals surface area (Å²) in [5.74, 6) is 0. The fraction of sp³-hybridized carbons (Fsp3) is 0. The zero-order valence-electron chi connectivity index (χ0n) is 7.10. The van der Waals surface area contributed by atoms with Gasteiger partial charge in [0.05, 0.1) is 0 Å². The van der Waals surface area contributed by atoms with E-state index >= 15 is 0 Å². The molecule has 1 heteroatoms. The van der Waals surface area contributed by atoms with Gasteiger partial charge in [-0.15, -0.1) is 0 Å². The van der Waals surface area contributed by atoms with E-state index in [0.717, 1.165) is 0 Å². The molecule has 0 saturated carbocycles. The fourth-order valence-corrected chi connectivity index (χ4v) is 1.56. The van der Waals surface area contributed by atoms with Crippen LogP contribution in [-0.4, -0.2) is 16.0 Å². The Morgan fingerprint density at radius 2 is 1.15 bits per heavy atom. The molecule has 2 aromatic carbocycles. The maximum atomic E-state index is 2.98. The summed E-state index contributed by atoms with van der Waals surface area (Å²) in [5.41, 5.74) is 2.53. The monoisotopic (exact) mass is 233 g/mol. The minimum absolute atomic E-state index is 1.18. The Hall–Kier alpha value is -1.04. The normalized spacial score (nSPS) is 9.85. The van der Waals surface area contributed by atoms with Crippen molar-refractivity contribution in [3.8, 4) is 11.1 Å². The summed E-state index contributed by atoms with van der Waals surface area (Å²) in [5, 5.41) is 0. The predicted octanol–water partition coefficient (Wildman–Crippen LogP) is 2.15. The van der Waals surface area contributed by atoms with E-state index in [1.54, 1.807) is 0 Å². The van der Waals surface area contributed by atoms with Crippen LogP contribution in [0.4, 0.5) is 0 Å². The van der Waals surface area contributed by atoms with Gasteiger partial charge in [0, 0.05) is 0 Å². The third-order valence-corrected chi connectivity index (χ3v) is 2.53. The summed E-state index contributed by atoms with van der Waals surface area (Å²) in [6.07, 6.45) is 0. The van der Waals surface area contributed by atoms with Crippen molar-refractivity contribution >= 4 is 20.5 Å². The molecule has 0 amide bonds. The molecule has 0 aliphatic rings. The van der Waals surface area contributed by atoms with Crippen molar-refractivity contribution in [2.45, 2.75) is 0 Å². The molecule has 0 nitrogen and oxygen atoms in total. The van der Waals surface area contributed by atoms with Crippen LogP contribution in [0.25, 0.3) is 11.1 Å². The molecule has 0 saturated heterocycles. The zero-order valence-corrected chi connectivity index (χ0v) is 8.82. The van der Waals surface area contributed by atoms with Gasteiger partial charge < -0.3 is 0 Å². The van der Waals surface area contributed by atoms with Gasteiger partial charge in [-0.3, -0.25) is 0 Å². The molecule has 2 rings (SSSR count). The molecule has 63 valence electrons. The Kier molecular flexibility index (Phi) is 2.49. The van der Waals surface area contributed by atoms with Gasteiger partial charge in [-0.05, 0) is 0 Å². The first-order chi connectivity index (χ1) is 6.36. The summed E-state index contributed by atoms with van der Waals surface area (Å²) in [6.45, 7) is 0. The molecule has 0 atom stereocenters.